The lowest BCUT2D eigenvalue weighted by molar-refractivity contribution is 0.208. The molecule has 0 saturated carbocycles. The van der Waals surface area contributed by atoms with Crippen LogP contribution in [0.15, 0.2) is 72.7 Å². The van der Waals surface area contributed by atoms with E-state index in [2.05, 4.69) is 21.4 Å². The number of nitrogens with zero attached hydrogens (tertiary/aromatic N) is 3. The summed E-state index contributed by atoms with van der Waals surface area (Å²) in [7, 11) is 0. The number of aromatic nitrogens is 2. The van der Waals surface area contributed by atoms with Crippen LogP contribution in [0.1, 0.15) is 32.3 Å². The number of pyridine rings is 2. The van der Waals surface area contributed by atoms with E-state index < -0.39 is 0 Å². The monoisotopic (exact) mass is 444 g/mol. The lowest BCUT2D eigenvalue weighted by atomic mass is 10.0. The number of rotatable bonds is 6. The van der Waals surface area contributed by atoms with E-state index in [4.69, 9.17) is 9.47 Å². The van der Waals surface area contributed by atoms with Crippen molar-refractivity contribution in [3.05, 3.63) is 78.3 Å². The first-order chi connectivity index (χ1) is 16.0. The van der Waals surface area contributed by atoms with Gasteiger partial charge in [-0.25, -0.2) is 9.78 Å². The number of ether oxygens (including phenoxy) is 2. The predicted molar refractivity (Wildman–Crippen MR) is 129 cm³/mol. The highest BCUT2D eigenvalue weighted by Gasteiger charge is 2.19. The predicted octanol–water partition coefficient (Wildman–Crippen LogP) is 5.77. The molecule has 170 valence electrons. The molecule has 3 aromatic rings. The lowest BCUT2D eigenvalue weighted by Crippen LogP contribution is -2.39. The molecule has 0 unspecified atom stereocenters. The van der Waals surface area contributed by atoms with Gasteiger partial charge in [-0.3, -0.25) is 4.98 Å². The van der Waals surface area contributed by atoms with Crippen molar-refractivity contribution in [2.75, 3.05) is 18.4 Å². The van der Waals surface area contributed by atoms with Gasteiger partial charge in [-0.2, -0.15) is 0 Å². The first-order valence-electron chi connectivity index (χ1n) is 11.1. The molecule has 7 nitrogen and oxygen atoms in total. The summed E-state index contributed by atoms with van der Waals surface area (Å²) in [5, 5.41) is 2.89. The summed E-state index contributed by atoms with van der Waals surface area (Å²) in [5.74, 6) is 1.96. The fourth-order valence-electron chi connectivity index (χ4n) is 3.57. The Bertz CT molecular complexity index is 1090. The number of nitrogens with one attached hydrogen (secondary N) is 1. The Hall–Kier alpha value is -3.87. The number of anilines is 1. The molecule has 1 aliphatic rings. The zero-order valence-electron chi connectivity index (χ0n) is 18.9. The molecule has 1 saturated heterocycles. The molecule has 0 aliphatic carbocycles. The topological polar surface area (TPSA) is 76.6 Å². The number of amides is 2. The Morgan fingerprint density at radius 1 is 1.06 bits per heavy atom. The van der Waals surface area contributed by atoms with E-state index in [9.17, 15) is 4.79 Å². The molecule has 33 heavy (non-hydrogen) atoms. The Morgan fingerprint density at radius 2 is 1.91 bits per heavy atom. The van der Waals surface area contributed by atoms with Crippen LogP contribution in [-0.2, 0) is 0 Å². The van der Waals surface area contributed by atoms with Gasteiger partial charge in [0.2, 0.25) is 5.88 Å². The average Bonchev–Trinajstić information content (AvgIpc) is 2.81. The van der Waals surface area contributed by atoms with Crippen molar-refractivity contribution in [3.63, 3.8) is 0 Å². The molecule has 2 amide bonds. The van der Waals surface area contributed by atoms with Crippen molar-refractivity contribution in [2.45, 2.75) is 32.8 Å². The minimum Gasteiger partial charge on any atom is -0.489 e. The van der Waals surface area contributed by atoms with E-state index in [-0.39, 0.29) is 12.1 Å². The second-order valence-electron chi connectivity index (χ2n) is 8.13. The number of piperidine rings is 1. The van der Waals surface area contributed by atoms with Gasteiger partial charge in [-0.1, -0.05) is 23.8 Å². The van der Waals surface area contributed by atoms with Gasteiger partial charge in [-0.05, 0) is 62.6 Å². The molecule has 2 aromatic heterocycles. The summed E-state index contributed by atoms with van der Waals surface area (Å²) in [6, 6.07) is 15.1. The van der Waals surface area contributed by atoms with Crippen LogP contribution in [-0.4, -0.2) is 40.1 Å². The summed E-state index contributed by atoms with van der Waals surface area (Å²) < 4.78 is 11.5. The van der Waals surface area contributed by atoms with Crippen LogP contribution in [0.5, 0.6) is 17.4 Å². The minimum atomic E-state index is -0.0882. The van der Waals surface area contributed by atoms with Gasteiger partial charge in [0.25, 0.3) is 0 Å². The van der Waals surface area contributed by atoms with Crippen molar-refractivity contribution >= 4 is 17.8 Å². The van der Waals surface area contributed by atoms with Crippen LogP contribution in [0, 0.1) is 0 Å². The average molecular weight is 445 g/mol. The van der Waals surface area contributed by atoms with Crippen molar-refractivity contribution < 1.29 is 14.3 Å². The SMILES string of the molecule is CC(C)Oc1ccc(Oc2cccc(C=C3CCN(C(=O)Nc4cccnc4)CC3)c2)nc1. The standard InChI is InChI=1S/C26H28N4O3/c1-19(2)32-24-8-9-25(28-18-24)33-23-7-3-5-21(16-23)15-20-10-13-30(14-11-20)26(31)29-22-6-4-12-27-17-22/h3-9,12,15-19H,10-11,13-14H2,1-2H3,(H,29,31). The van der Waals surface area contributed by atoms with Gasteiger partial charge >= 0.3 is 6.03 Å². The third kappa shape index (κ3) is 6.55. The Morgan fingerprint density at radius 3 is 2.61 bits per heavy atom. The summed E-state index contributed by atoms with van der Waals surface area (Å²) in [5.41, 5.74) is 3.08. The molecule has 4 rings (SSSR count). The maximum Gasteiger partial charge on any atom is 0.321 e. The molecule has 1 aliphatic heterocycles. The van der Waals surface area contributed by atoms with E-state index in [1.54, 1.807) is 30.7 Å². The third-order valence-corrected chi connectivity index (χ3v) is 5.14. The van der Waals surface area contributed by atoms with Gasteiger partial charge in [0.15, 0.2) is 0 Å². The van der Waals surface area contributed by atoms with Crippen molar-refractivity contribution in [1.29, 1.82) is 0 Å². The summed E-state index contributed by atoms with van der Waals surface area (Å²) >= 11 is 0. The van der Waals surface area contributed by atoms with Crippen LogP contribution in [0.25, 0.3) is 6.08 Å². The van der Waals surface area contributed by atoms with Crippen LogP contribution < -0.4 is 14.8 Å². The minimum absolute atomic E-state index is 0.0882. The highest BCUT2D eigenvalue weighted by Crippen LogP contribution is 2.25. The molecular formula is C26H28N4O3. The molecule has 0 atom stereocenters. The largest absolute Gasteiger partial charge is 0.489 e. The maximum absolute atomic E-state index is 12.5. The van der Waals surface area contributed by atoms with Gasteiger partial charge in [0.05, 0.1) is 24.2 Å². The number of likely N-dealkylation sites (tertiary alicyclic amines) is 1. The quantitative estimate of drug-likeness (QED) is 0.522. The zero-order valence-corrected chi connectivity index (χ0v) is 18.9. The Labute approximate surface area is 194 Å². The summed E-state index contributed by atoms with van der Waals surface area (Å²) in [6.45, 7) is 5.32. The second kappa shape index (κ2) is 10.6. The highest BCUT2D eigenvalue weighted by atomic mass is 16.5. The maximum atomic E-state index is 12.5. The van der Waals surface area contributed by atoms with Gasteiger partial charge in [-0.15, -0.1) is 0 Å². The zero-order chi connectivity index (χ0) is 23.0. The smallest absolute Gasteiger partial charge is 0.321 e. The van der Waals surface area contributed by atoms with Crippen LogP contribution in [0.3, 0.4) is 0 Å². The fourth-order valence-corrected chi connectivity index (χ4v) is 3.57. The fraction of sp³-hybridized carbons (Fsp3) is 0.269. The summed E-state index contributed by atoms with van der Waals surface area (Å²) in [6.07, 6.45) is 8.95. The van der Waals surface area contributed by atoms with Gasteiger partial charge < -0.3 is 19.7 Å². The molecule has 3 heterocycles. The van der Waals surface area contributed by atoms with Crippen molar-refractivity contribution in [3.8, 4) is 17.4 Å². The molecule has 0 spiro atoms. The van der Waals surface area contributed by atoms with Gasteiger partial charge in [0, 0.05) is 25.4 Å². The normalized spacial score (nSPS) is 13.5. The van der Waals surface area contributed by atoms with E-state index in [1.165, 1.54) is 5.57 Å². The van der Waals surface area contributed by atoms with Crippen molar-refractivity contribution in [2.24, 2.45) is 0 Å². The van der Waals surface area contributed by atoms with Crippen LogP contribution >= 0.6 is 0 Å². The highest BCUT2D eigenvalue weighted by molar-refractivity contribution is 5.89. The Balaban J connectivity index is 1.32. The number of carbonyl (C=O) groups excluding carboxylic acids is 1. The van der Waals surface area contributed by atoms with Crippen LogP contribution in [0.2, 0.25) is 0 Å². The third-order valence-electron chi connectivity index (χ3n) is 5.14. The number of hydrogen-bond donors (Lipinski definition) is 1. The van der Waals surface area contributed by atoms with E-state index in [0.717, 1.165) is 29.9 Å². The van der Waals surface area contributed by atoms with Crippen LogP contribution in [0.4, 0.5) is 10.5 Å². The lowest BCUT2D eigenvalue weighted by Gasteiger charge is -2.28. The second-order valence-corrected chi connectivity index (χ2v) is 8.13. The Kier molecular flexibility index (Phi) is 7.19. The van der Waals surface area contributed by atoms with Crippen molar-refractivity contribution in [1.82, 2.24) is 14.9 Å². The molecule has 0 radical (unpaired) electrons. The summed E-state index contributed by atoms with van der Waals surface area (Å²) in [4.78, 5) is 22.6. The molecule has 1 fully saturated rings. The number of hydrogen-bond acceptors (Lipinski definition) is 5. The first-order valence-corrected chi connectivity index (χ1v) is 11.1. The number of benzene rings is 1. The van der Waals surface area contributed by atoms with E-state index in [1.807, 2.05) is 55.1 Å². The molecule has 0 bridgehead atoms. The van der Waals surface area contributed by atoms with E-state index in [0.29, 0.717) is 24.7 Å². The molecule has 7 heteroatoms. The molecule has 1 aromatic carbocycles. The first kappa shape index (κ1) is 22.3. The van der Waals surface area contributed by atoms with E-state index >= 15 is 0 Å². The number of urea groups is 1. The molecular weight excluding hydrogens is 416 g/mol. The number of carbonyl (C=O) groups is 1. The molecule has 1 N–H and O–H groups in total. The van der Waals surface area contributed by atoms with Gasteiger partial charge in [0.1, 0.15) is 11.5 Å².